The molecule has 0 atom stereocenters. The van der Waals surface area contributed by atoms with E-state index in [4.69, 9.17) is 0 Å². The predicted octanol–water partition coefficient (Wildman–Crippen LogP) is 1.86. The molecule has 0 aliphatic heterocycles. The van der Waals surface area contributed by atoms with Crippen molar-refractivity contribution in [3.8, 4) is 0 Å². The molecular formula is C12H23N3. The number of hydrogen-bond donors (Lipinski definition) is 1. The van der Waals surface area contributed by atoms with Crippen LogP contribution in [0, 0.1) is 5.92 Å². The third-order valence-electron chi connectivity index (χ3n) is 2.46. The van der Waals surface area contributed by atoms with Gasteiger partial charge in [0.1, 0.15) is 0 Å². The Hall–Kier alpha value is -0.830. The number of nitrogens with one attached hydrogen (secondary N) is 1. The zero-order valence-corrected chi connectivity index (χ0v) is 10.4. The summed E-state index contributed by atoms with van der Waals surface area (Å²) in [6.07, 6.45) is 2.15. The molecule has 0 aliphatic carbocycles. The van der Waals surface area contributed by atoms with Gasteiger partial charge in [0.15, 0.2) is 0 Å². The maximum atomic E-state index is 4.60. The molecule has 0 amide bonds. The molecule has 3 nitrogen and oxygen atoms in total. The zero-order valence-electron chi connectivity index (χ0n) is 10.4. The zero-order chi connectivity index (χ0) is 11.3. The minimum Gasteiger partial charge on any atom is -0.319 e. The molecule has 0 saturated carbocycles. The first kappa shape index (κ1) is 12.2. The lowest BCUT2D eigenvalue weighted by molar-refractivity contribution is 0.559. The normalized spacial score (nSPS) is 11.3. The highest BCUT2D eigenvalue weighted by Crippen LogP contribution is 2.10. The molecule has 0 aliphatic rings. The summed E-state index contributed by atoms with van der Waals surface area (Å²) in [5.41, 5.74) is 2.58. The van der Waals surface area contributed by atoms with Crippen LogP contribution in [0.4, 0.5) is 0 Å². The van der Waals surface area contributed by atoms with Crippen molar-refractivity contribution in [2.75, 3.05) is 13.6 Å². The standard InChI is InChI=1S/C12H23N3/c1-5-15-12(8-10(2)3)9-11(14-15)6-7-13-4/h9-10,13H,5-8H2,1-4H3. The molecule has 0 unspecified atom stereocenters. The van der Waals surface area contributed by atoms with Crippen LogP contribution in [0.25, 0.3) is 0 Å². The summed E-state index contributed by atoms with van der Waals surface area (Å²) in [6.45, 7) is 8.63. The van der Waals surface area contributed by atoms with E-state index in [0.29, 0.717) is 5.92 Å². The molecule has 1 heterocycles. The van der Waals surface area contributed by atoms with E-state index in [1.807, 2.05) is 7.05 Å². The van der Waals surface area contributed by atoms with Gasteiger partial charge in [-0.05, 0) is 32.4 Å². The largest absolute Gasteiger partial charge is 0.319 e. The second-order valence-corrected chi connectivity index (χ2v) is 4.39. The Morgan fingerprint density at radius 1 is 1.47 bits per heavy atom. The van der Waals surface area contributed by atoms with Crippen molar-refractivity contribution in [1.82, 2.24) is 15.1 Å². The van der Waals surface area contributed by atoms with Crippen LogP contribution in [0.2, 0.25) is 0 Å². The lowest BCUT2D eigenvalue weighted by atomic mass is 10.1. The summed E-state index contributed by atoms with van der Waals surface area (Å²) >= 11 is 0. The van der Waals surface area contributed by atoms with Crippen molar-refractivity contribution in [1.29, 1.82) is 0 Å². The van der Waals surface area contributed by atoms with Gasteiger partial charge in [-0.25, -0.2) is 0 Å². The molecule has 1 N–H and O–H groups in total. The monoisotopic (exact) mass is 209 g/mol. The van der Waals surface area contributed by atoms with Crippen molar-refractivity contribution in [3.63, 3.8) is 0 Å². The van der Waals surface area contributed by atoms with E-state index in [0.717, 1.165) is 25.9 Å². The van der Waals surface area contributed by atoms with Crippen LogP contribution in [0.1, 0.15) is 32.2 Å². The molecule has 1 aromatic rings. The molecule has 3 heteroatoms. The summed E-state index contributed by atoms with van der Waals surface area (Å²) in [5.74, 6) is 0.698. The van der Waals surface area contributed by atoms with E-state index in [2.05, 4.69) is 41.9 Å². The van der Waals surface area contributed by atoms with Crippen LogP contribution < -0.4 is 5.32 Å². The highest BCUT2D eigenvalue weighted by Gasteiger charge is 2.07. The van der Waals surface area contributed by atoms with Gasteiger partial charge in [0, 0.05) is 25.2 Å². The van der Waals surface area contributed by atoms with E-state index in [9.17, 15) is 0 Å². The second-order valence-electron chi connectivity index (χ2n) is 4.39. The third kappa shape index (κ3) is 3.67. The van der Waals surface area contributed by atoms with E-state index in [1.165, 1.54) is 11.4 Å². The van der Waals surface area contributed by atoms with Gasteiger partial charge in [-0.1, -0.05) is 13.8 Å². The van der Waals surface area contributed by atoms with Crippen LogP contribution in [-0.2, 0) is 19.4 Å². The summed E-state index contributed by atoms with van der Waals surface area (Å²) in [6, 6.07) is 2.25. The van der Waals surface area contributed by atoms with Crippen LogP contribution >= 0.6 is 0 Å². The fourth-order valence-corrected chi connectivity index (χ4v) is 1.75. The topological polar surface area (TPSA) is 29.9 Å². The van der Waals surface area contributed by atoms with Crippen LogP contribution in [-0.4, -0.2) is 23.4 Å². The molecule has 0 fully saturated rings. The fraction of sp³-hybridized carbons (Fsp3) is 0.750. The first-order chi connectivity index (χ1) is 7.17. The molecule has 0 aromatic carbocycles. The van der Waals surface area contributed by atoms with Gasteiger partial charge in [0.2, 0.25) is 0 Å². The van der Waals surface area contributed by atoms with Gasteiger partial charge < -0.3 is 5.32 Å². The number of aromatic nitrogens is 2. The molecule has 86 valence electrons. The maximum absolute atomic E-state index is 4.60. The van der Waals surface area contributed by atoms with Gasteiger partial charge in [-0.15, -0.1) is 0 Å². The lowest BCUT2D eigenvalue weighted by Crippen LogP contribution is -2.11. The van der Waals surface area contributed by atoms with Gasteiger partial charge in [-0.2, -0.15) is 5.10 Å². The Labute approximate surface area is 92.9 Å². The molecule has 0 spiro atoms. The molecule has 1 rings (SSSR count). The Morgan fingerprint density at radius 3 is 2.73 bits per heavy atom. The molecule has 0 bridgehead atoms. The van der Waals surface area contributed by atoms with Crippen molar-refractivity contribution in [2.45, 2.75) is 40.2 Å². The maximum Gasteiger partial charge on any atom is 0.0640 e. The average molecular weight is 209 g/mol. The van der Waals surface area contributed by atoms with Gasteiger partial charge in [0.05, 0.1) is 5.69 Å². The number of nitrogens with zero attached hydrogens (tertiary/aromatic N) is 2. The number of aryl methyl sites for hydroxylation is 1. The van der Waals surface area contributed by atoms with E-state index in [1.54, 1.807) is 0 Å². The minimum absolute atomic E-state index is 0.698. The summed E-state index contributed by atoms with van der Waals surface area (Å²) in [7, 11) is 1.98. The second kappa shape index (κ2) is 5.91. The molecule has 0 saturated heterocycles. The Kier molecular flexibility index (Phi) is 4.82. The fourth-order valence-electron chi connectivity index (χ4n) is 1.75. The Balaban J connectivity index is 2.71. The van der Waals surface area contributed by atoms with Crippen molar-refractivity contribution < 1.29 is 0 Å². The quantitative estimate of drug-likeness (QED) is 0.775. The highest BCUT2D eigenvalue weighted by atomic mass is 15.3. The molecular weight excluding hydrogens is 186 g/mol. The minimum atomic E-state index is 0.698. The Bertz CT molecular complexity index is 289. The SMILES string of the molecule is CCn1nc(CCNC)cc1CC(C)C. The Morgan fingerprint density at radius 2 is 2.20 bits per heavy atom. The van der Waals surface area contributed by atoms with E-state index < -0.39 is 0 Å². The first-order valence-electron chi connectivity index (χ1n) is 5.87. The van der Waals surface area contributed by atoms with Crippen LogP contribution in [0.5, 0.6) is 0 Å². The predicted molar refractivity (Wildman–Crippen MR) is 64.1 cm³/mol. The number of rotatable bonds is 6. The van der Waals surface area contributed by atoms with Gasteiger partial charge in [0.25, 0.3) is 0 Å². The average Bonchev–Trinajstić information content (AvgIpc) is 2.56. The first-order valence-corrected chi connectivity index (χ1v) is 5.87. The summed E-state index contributed by atoms with van der Waals surface area (Å²) in [4.78, 5) is 0. The summed E-state index contributed by atoms with van der Waals surface area (Å²) < 4.78 is 2.13. The van der Waals surface area contributed by atoms with E-state index >= 15 is 0 Å². The molecule has 0 radical (unpaired) electrons. The van der Waals surface area contributed by atoms with Gasteiger partial charge >= 0.3 is 0 Å². The highest BCUT2D eigenvalue weighted by molar-refractivity contribution is 5.11. The van der Waals surface area contributed by atoms with Crippen molar-refractivity contribution in [3.05, 3.63) is 17.5 Å². The molecule has 15 heavy (non-hydrogen) atoms. The van der Waals surface area contributed by atoms with Crippen LogP contribution in [0.15, 0.2) is 6.07 Å². The van der Waals surface area contributed by atoms with Crippen LogP contribution in [0.3, 0.4) is 0 Å². The van der Waals surface area contributed by atoms with Crippen molar-refractivity contribution in [2.24, 2.45) is 5.92 Å². The number of likely N-dealkylation sites (N-methyl/N-ethyl adjacent to an activating group) is 1. The van der Waals surface area contributed by atoms with E-state index in [-0.39, 0.29) is 0 Å². The van der Waals surface area contributed by atoms with Gasteiger partial charge in [-0.3, -0.25) is 4.68 Å². The van der Waals surface area contributed by atoms with Crippen molar-refractivity contribution >= 4 is 0 Å². The molecule has 1 aromatic heterocycles. The third-order valence-corrected chi connectivity index (χ3v) is 2.46. The number of hydrogen-bond acceptors (Lipinski definition) is 2. The summed E-state index contributed by atoms with van der Waals surface area (Å²) in [5, 5.41) is 7.75. The smallest absolute Gasteiger partial charge is 0.0640 e. The lowest BCUT2D eigenvalue weighted by Gasteiger charge is -2.06.